The van der Waals surface area contributed by atoms with Gasteiger partial charge in [-0.25, -0.2) is 0 Å². The molecule has 0 aliphatic rings. The van der Waals surface area contributed by atoms with Crippen molar-refractivity contribution in [3.05, 3.63) is 0 Å². The van der Waals surface area contributed by atoms with Crippen molar-refractivity contribution in [1.82, 2.24) is 5.32 Å². The molecule has 4 N–H and O–H groups in total. The summed E-state index contributed by atoms with van der Waals surface area (Å²) in [6.07, 6.45) is -1.56. The summed E-state index contributed by atoms with van der Waals surface area (Å²) in [6.45, 7) is 1.14. The van der Waals surface area contributed by atoms with Gasteiger partial charge in [0, 0.05) is 6.54 Å². The number of hydrogen-bond acceptors (Lipinski definition) is 3. The van der Waals surface area contributed by atoms with Gasteiger partial charge in [-0.15, -0.1) is 0 Å². The van der Waals surface area contributed by atoms with Crippen LogP contribution in [-0.4, -0.2) is 39.6 Å². The highest BCUT2D eigenvalue weighted by atomic mass is 31.2. The lowest BCUT2D eigenvalue weighted by molar-refractivity contribution is -0.128. The summed E-state index contributed by atoms with van der Waals surface area (Å²) in [5, 5.41) is 10.8. The summed E-state index contributed by atoms with van der Waals surface area (Å²) in [7, 11) is -4.05. The topological polar surface area (TPSA) is 107 Å². The largest absolute Gasteiger partial charge is 0.384 e. The molecule has 0 fully saturated rings. The number of carbonyl (C=O) groups is 1. The van der Waals surface area contributed by atoms with E-state index in [2.05, 4.69) is 5.32 Å². The Kier molecular flexibility index (Phi) is 4.41. The van der Waals surface area contributed by atoms with Crippen molar-refractivity contribution in [1.29, 1.82) is 0 Å². The van der Waals surface area contributed by atoms with Crippen molar-refractivity contribution in [2.75, 3.05) is 12.7 Å². The van der Waals surface area contributed by atoms with Crippen LogP contribution < -0.4 is 5.32 Å². The number of nitrogens with one attached hydrogen (secondary N) is 1. The third kappa shape index (κ3) is 6.30. The minimum absolute atomic E-state index is 0.131. The molecule has 12 heavy (non-hydrogen) atoms. The van der Waals surface area contributed by atoms with Crippen LogP contribution in [0.2, 0.25) is 0 Å². The van der Waals surface area contributed by atoms with Gasteiger partial charge in [0.25, 0.3) is 0 Å². The second kappa shape index (κ2) is 4.57. The van der Waals surface area contributed by atoms with Crippen LogP contribution in [0.4, 0.5) is 0 Å². The third-order valence-corrected chi connectivity index (χ3v) is 1.89. The van der Waals surface area contributed by atoms with Gasteiger partial charge < -0.3 is 20.2 Å². The van der Waals surface area contributed by atoms with E-state index in [9.17, 15) is 9.36 Å². The van der Waals surface area contributed by atoms with E-state index in [0.29, 0.717) is 0 Å². The van der Waals surface area contributed by atoms with Crippen LogP contribution in [0.15, 0.2) is 0 Å². The lowest BCUT2D eigenvalue weighted by Crippen LogP contribution is -2.34. The standard InChI is InChI=1S/C5H12NO5P/c1-4(7)5(8)6-2-3-12(9,10)11/h4,7H,2-3H2,1H3,(H,6,8)(H2,9,10,11). The summed E-state index contributed by atoms with van der Waals surface area (Å²) in [4.78, 5) is 27.3. The quantitative estimate of drug-likeness (QED) is 0.417. The molecule has 0 bridgehead atoms. The predicted octanol–water partition coefficient (Wildman–Crippen LogP) is -1.34. The Morgan fingerprint density at radius 1 is 1.58 bits per heavy atom. The summed E-state index contributed by atoms with van der Waals surface area (Å²) < 4.78 is 10.3. The number of aliphatic hydroxyl groups excluding tert-OH is 1. The van der Waals surface area contributed by atoms with Crippen LogP contribution in [0.25, 0.3) is 0 Å². The summed E-state index contributed by atoms with van der Waals surface area (Å²) in [5.74, 6) is -0.636. The SMILES string of the molecule is CC(O)C(=O)NCCP(=O)(O)O. The molecule has 0 rings (SSSR count). The molecule has 7 heteroatoms. The van der Waals surface area contributed by atoms with Gasteiger partial charge in [0.05, 0.1) is 6.16 Å². The van der Waals surface area contributed by atoms with E-state index in [0.717, 1.165) is 0 Å². The zero-order valence-corrected chi connectivity index (χ0v) is 7.49. The normalized spacial score (nSPS) is 14.0. The van der Waals surface area contributed by atoms with Gasteiger partial charge in [-0.05, 0) is 6.92 Å². The van der Waals surface area contributed by atoms with Crippen molar-refractivity contribution in [2.45, 2.75) is 13.0 Å². The maximum absolute atomic E-state index is 10.6. The molecular formula is C5H12NO5P. The average Bonchev–Trinajstić information content (AvgIpc) is 1.84. The molecule has 0 aliphatic heterocycles. The van der Waals surface area contributed by atoms with E-state index >= 15 is 0 Å². The van der Waals surface area contributed by atoms with E-state index in [1.807, 2.05) is 0 Å². The fourth-order valence-corrected chi connectivity index (χ4v) is 0.876. The molecular weight excluding hydrogens is 185 g/mol. The maximum atomic E-state index is 10.6. The van der Waals surface area contributed by atoms with Crippen LogP contribution in [-0.2, 0) is 9.36 Å². The molecule has 1 amide bonds. The van der Waals surface area contributed by atoms with E-state index in [1.54, 1.807) is 0 Å². The average molecular weight is 197 g/mol. The van der Waals surface area contributed by atoms with Crippen LogP contribution in [0, 0.1) is 0 Å². The first kappa shape index (κ1) is 11.6. The van der Waals surface area contributed by atoms with Crippen molar-refractivity contribution in [3.63, 3.8) is 0 Å². The monoisotopic (exact) mass is 197 g/mol. The molecule has 0 aromatic carbocycles. The molecule has 72 valence electrons. The minimum Gasteiger partial charge on any atom is -0.384 e. The van der Waals surface area contributed by atoms with Crippen LogP contribution in [0.3, 0.4) is 0 Å². The van der Waals surface area contributed by atoms with Gasteiger partial charge in [0.15, 0.2) is 0 Å². The first-order chi connectivity index (χ1) is 5.33. The molecule has 0 aromatic rings. The Morgan fingerprint density at radius 3 is 2.42 bits per heavy atom. The van der Waals surface area contributed by atoms with E-state index < -0.39 is 25.8 Å². The van der Waals surface area contributed by atoms with Gasteiger partial charge in [0.1, 0.15) is 6.10 Å². The van der Waals surface area contributed by atoms with Crippen LogP contribution in [0.1, 0.15) is 6.92 Å². The number of rotatable bonds is 4. The minimum atomic E-state index is -4.05. The molecule has 0 saturated heterocycles. The Balaban J connectivity index is 3.58. The Bertz CT molecular complexity index is 198. The summed E-state index contributed by atoms with van der Waals surface area (Å²) in [5.41, 5.74) is 0. The van der Waals surface area contributed by atoms with Gasteiger partial charge in [0.2, 0.25) is 5.91 Å². The number of hydrogen-bond donors (Lipinski definition) is 4. The highest BCUT2D eigenvalue weighted by Crippen LogP contribution is 2.32. The fraction of sp³-hybridized carbons (Fsp3) is 0.800. The first-order valence-corrected chi connectivity index (χ1v) is 5.13. The molecule has 0 saturated carbocycles. The second-order valence-electron chi connectivity index (χ2n) is 2.36. The first-order valence-electron chi connectivity index (χ1n) is 3.33. The summed E-state index contributed by atoms with van der Waals surface area (Å²) in [6, 6.07) is 0. The zero-order chi connectivity index (χ0) is 9.78. The molecule has 1 atom stereocenters. The molecule has 0 heterocycles. The van der Waals surface area contributed by atoms with Gasteiger partial charge in [-0.2, -0.15) is 0 Å². The number of amides is 1. The molecule has 6 nitrogen and oxygen atoms in total. The predicted molar refractivity (Wildman–Crippen MR) is 41.6 cm³/mol. The lowest BCUT2D eigenvalue weighted by Gasteiger charge is -2.07. The highest BCUT2D eigenvalue weighted by Gasteiger charge is 2.14. The van der Waals surface area contributed by atoms with Gasteiger partial charge >= 0.3 is 7.60 Å². The smallest absolute Gasteiger partial charge is 0.327 e. The van der Waals surface area contributed by atoms with Gasteiger partial charge in [-0.3, -0.25) is 9.36 Å². The van der Waals surface area contributed by atoms with Crippen LogP contribution >= 0.6 is 7.60 Å². The van der Waals surface area contributed by atoms with Crippen LogP contribution in [0.5, 0.6) is 0 Å². The number of aliphatic hydroxyl groups is 1. The Labute approximate surface area is 69.8 Å². The van der Waals surface area contributed by atoms with E-state index in [-0.39, 0.29) is 6.54 Å². The Morgan fingerprint density at radius 2 is 2.08 bits per heavy atom. The molecule has 0 radical (unpaired) electrons. The zero-order valence-electron chi connectivity index (χ0n) is 6.60. The maximum Gasteiger partial charge on any atom is 0.327 e. The van der Waals surface area contributed by atoms with E-state index in [1.165, 1.54) is 6.92 Å². The lowest BCUT2D eigenvalue weighted by atomic mass is 10.4. The van der Waals surface area contributed by atoms with Crippen molar-refractivity contribution in [3.8, 4) is 0 Å². The molecule has 0 aliphatic carbocycles. The third-order valence-electron chi connectivity index (χ3n) is 1.08. The molecule has 0 aromatic heterocycles. The molecule has 1 unspecified atom stereocenters. The van der Waals surface area contributed by atoms with Crippen molar-refractivity contribution in [2.24, 2.45) is 0 Å². The van der Waals surface area contributed by atoms with E-state index in [4.69, 9.17) is 14.9 Å². The number of carbonyl (C=O) groups excluding carboxylic acids is 1. The van der Waals surface area contributed by atoms with Crippen molar-refractivity contribution >= 4 is 13.5 Å². The Hall–Kier alpha value is -0.420. The van der Waals surface area contributed by atoms with Gasteiger partial charge in [-0.1, -0.05) is 0 Å². The fourth-order valence-electron chi connectivity index (χ4n) is 0.472. The summed E-state index contributed by atoms with van der Waals surface area (Å²) >= 11 is 0. The molecule has 0 spiro atoms. The highest BCUT2D eigenvalue weighted by molar-refractivity contribution is 7.51. The van der Waals surface area contributed by atoms with Crippen molar-refractivity contribution < 1.29 is 24.3 Å². The second-order valence-corrected chi connectivity index (χ2v) is 4.13.